The molecule has 2 aromatic rings. The smallest absolute Gasteiger partial charge is 0.326 e. The molecule has 1 heterocycles. The summed E-state index contributed by atoms with van der Waals surface area (Å²) in [5.41, 5.74) is -0.749. The maximum atomic E-state index is 14.3. The molecule has 0 saturated heterocycles. The van der Waals surface area contributed by atoms with Crippen molar-refractivity contribution < 1.29 is 28.2 Å². The van der Waals surface area contributed by atoms with E-state index in [1.54, 1.807) is 39.0 Å². The van der Waals surface area contributed by atoms with Crippen molar-refractivity contribution in [2.75, 3.05) is 18.2 Å². The van der Waals surface area contributed by atoms with Gasteiger partial charge in [-0.2, -0.15) is 0 Å². The van der Waals surface area contributed by atoms with E-state index in [1.807, 2.05) is 0 Å². The Morgan fingerprint density at radius 3 is 2.57 bits per heavy atom. The molecule has 0 fully saturated rings. The third-order valence-corrected chi connectivity index (χ3v) is 4.11. The summed E-state index contributed by atoms with van der Waals surface area (Å²) in [6.45, 7) is 4.76. The third kappa shape index (κ3) is 4.36. The van der Waals surface area contributed by atoms with E-state index < -0.39 is 29.8 Å². The molecule has 8 heteroatoms. The molecule has 3 rings (SSSR count). The standard InChI is InChI=1S/C20H19ClFNO5/c1-20(2,3)28-17(24)10-23(12-7-8-15-16(9-12)27-11-26-15)19(25)18-13(21)5-4-6-14(18)22/h4-9H,10-11H2,1-3H3. The fourth-order valence-electron chi connectivity index (χ4n) is 2.67. The number of esters is 1. The molecule has 0 radical (unpaired) electrons. The normalized spacial score (nSPS) is 12.6. The second kappa shape index (κ2) is 7.67. The predicted molar refractivity (Wildman–Crippen MR) is 101 cm³/mol. The zero-order chi connectivity index (χ0) is 20.5. The Bertz CT molecular complexity index is 905. The Kier molecular flexibility index (Phi) is 5.47. The Morgan fingerprint density at radius 1 is 1.18 bits per heavy atom. The fourth-order valence-corrected chi connectivity index (χ4v) is 2.92. The first kappa shape index (κ1) is 19.9. The second-order valence-corrected chi connectivity index (χ2v) is 7.52. The van der Waals surface area contributed by atoms with Crippen molar-refractivity contribution in [1.29, 1.82) is 0 Å². The van der Waals surface area contributed by atoms with Gasteiger partial charge in [0.1, 0.15) is 18.0 Å². The number of anilines is 1. The van der Waals surface area contributed by atoms with Crippen molar-refractivity contribution >= 4 is 29.2 Å². The molecule has 0 spiro atoms. The Labute approximate surface area is 166 Å². The molecule has 1 aliphatic rings. The van der Waals surface area contributed by atoms with E-state index in [4.69, 9.17) is 25.8 Å². The lowest BCUT2D eigenvalue weighted by Crippen LogP contribution is -2.39. The van der Waals surface area contributed by atoms with Crippen LogP contribution in [0.5, 0.6) is 11.5 Å². The first-order valence-electron chi connectivity index (χ1n) is 8.53. The van der Waals surface area contributed by atoms with Crippen molar-refractivity contribution in [3.8, 4) is 11.5 Å². The van der Waals surface area contributed by atoms with Gasteiger partial charge in [0.05, 0.1) is 10.6 Å². The minimum Gasteiger partial charge on any atom is -0.459 e. The van der Waals surface area contributed by atoms with E-state index >= 15 is 0 Å². The Hall–Kier alpha value is -2.80. The van der Waals surface area contributed by atoms with Gasteiger partial charge in [0.15, 0.2) is 11.5 Å². The lowest BCUT2D eigenvalue weighted by atomic mass is 10.1. The molecule has 148 valence electrons. The number of nitrogens with zero attached hydrogens (tertiary/aromatic N) is 1. The number of fused-ring (bicyclic) bond motifs is 1. The van der Waals surface area contributed by atoms with E-state index in [1.165, 1.54) is 12.1 Å². The van der Waals surface area contributed by atoms with Crippen LogP contribution in [-0.2, 0) is 9.53 Å². The molecule has 6 nitrogen and oxygen atoms in total. The molecule has 1 aliphatic heterocycles. The molecule has 28 heavy (non-hydrogen) atoms. The van der Waals surface area contributed by atoms with Crippen LogP contribution in [-0.4, -0.2) is 30.8 Å². The summed E-state index contributed by atoms with van der Waals surface area (Å²) in [4.78, 5) is 26.6. The maximum Gasteiger partial charge on any atom is 0.326 e. The summed E-state index contributed by atoms with van der Waals surface area (Å²) in [5.74, 6) is -1.28. The summed E-state index contributed by atoms with van der Waals surface area (Å²) >= 11 is 6.04. The van der Waals surface area contributed by atoms with Crippen LogP contribution in [0.25, 0.3) is 0 Å². The molecule has 2 aromatic carbocycles. The molecule has 1 amide bonds. The fraction of sp³-hybridized carbons (Fsp3) is 0.300. The van der Waals surface area contributed by atoms with Gasteiger partial charge in [-0.1, -0.05) is 17.7 Å². The highest BCUT2D eigenvalue weighted by molar-refractivity contribution is 6.34. The number of rotatable bonds is 4. The molecule has 0 unspecified atom stereocenters. The van der Waals surface area contributed by atoms with E-state index in [0.29, 0.717) is 17.2 Å². The first-order valence-corrected chi connectivity index (χ1v) is 8.91. The van der Waals surface area contributed by atoms with Crippen molar-refractivity contribution in [1.82, 2.24) is 0 Å². The Balaban J connectivity index is 1.99. The summed E-state index contributed by atoms with van der Waals surface area (Å²) in [6.07, 6.45) is 0. The van der Waals surface area contributed by atoms with Gasteiger partial charge in [0.2, 0.25) is 6.79 Å². The highest BCUT2D eigenvalue weighted by Crippen LogP contribution is 2.36. The van der Waals surface area contributed by atoms with Gasteiger partial charge in [-0.3, -0.25) is 14.5 Å². The van der Waals surface area contributed by atoms with Gasteiger partial charge in [0.25, 0.3) is 5.91 Å². The van der Waals surface area contributed by atoms with Gasteiger partial charge >= 0.3 is 5.97 Å². The number of ether oxygens (including phenoxy) is 3. The van der Waals surface area contributed by atoms with Gasteiger partial charge in [0, 0.05) is 11.8 Å². The van der Waals surface area contributed by atoms with Crippen molar-refractivity contribution in [3.63, 3.8) is 0 Å². The number of benzene rings is 2. The zero-order valence-corrected chi connectivity index (χ0v) is 16.4. The quantitative estimate of drug-likeness (QED) is 0.711. The molecule has 0 atom stereocenters. The average Bonchev–Trinajstić information content (AvgIpc) is 3.05. The minimum absolute atomic E-state index is 0.0535. The summed E-state index contributed by atoms with van der Waals surface area (Å²) < 4.78 is 30.2. The SMILES string of the molecule is CC(C)(C)OC(=O)CN(C(=O)c1c(F)cccc1Cl)c1ccc2c(c1)OCO2. The summed E-state index contributed by atoms with van der Waals surface area (Å²) in [6, 6.07) is 8.65. The summed E-state index contributed by atoms with van der Waals surface area (Å²) in [5, 5.41) is -0.0556. The summed E-state index contributed by atoms with van der Waals surface area (Å²) in [7, 11) is 0. The highest BCUT2D eigenvalue weighted by atomic mass is 35.5. The van der Waals surface area contributed by atoms with Crippen molar-refractivity contribution in [2.45, 2.75) is 26.4 Å². The minimum atomic E-state index is -0.785. The van der Waals surface area contributed by atoms with Gasteiger partial charge in [-0.15, -0.1) is 0 Å². The van der Waals surface area contributed by atoms with E-state index in [0.717, 1.165) is 11.0 Å². The largest absolute Gasteiger partial charge is 0.459 e. The van der Waals surface area contributed by atoms with Crippen LogP contribution in [0.3, 0.4) is 0 Å². The molecule has 0 N–H and O–H groups in total. The molecule has 0 aliphatic carbocycles. The number of hydrogen-bond donors (Lipinski definition) is 0. The number of hydrogen-bond acceptors (Lipinski definition) is 5. The molecular formula is C20H19ClFNO5. The molecule has 0 saturated carbocycles. The van der Waals surface area contributed by atoms with Crippen LogP contribution >= 0.6 is 11.6 Å². The number of amides is 1. The molecule has 0 bridgehead atoms. The van der Waals surface area contributed by atoms with Crippen LogP contribution < -0.4 is 14.4 Å². The first-order chi connectivity index (χ1) is 13.2. The van der Waals surface area contributed by atoms with E-state index in [2.05, 4.69) is 0 Å². The molecule has 0 aromatic heterocycles. The predicted octanol–water partition coefficient (Wildman–Crippen LogP) is 4.20. The highest BCUT2D eigenvalue weighted by Gasteiger charge is 2.29. The second-order valence-electron chi connectivity index (χ2n) is 7.11. The average molecular weight is 408 g/mol. The third-order valence-electron chi connectivity index (χ3n) is 3.80. The topological polar surface area (TPSA) is 65.1 Å². The number of carbonyl (C=O) groups is 2. The van der Waals surface area contributed by atoms with Gasteiger partial charge < -0.3 is 14.2 Å². The maximum absolute atomic E-state index is 14.3. The lowest BCUT2D eigenvalue weighted by molar-refractivity contribution is -0.152. The van der Waals surface area contributed by atoms with Crippen molar-refractivity contribution in [3.05, 3.63) is 52.8 Å². The Morgan fingerprint density at radius 2 is 1.89 bits per heavy atom. The van der Waals surface area contributed by atoms with Crippen LogP contribution in [0.2, 0.25) is 5.02 Å². The van der Waals surface area contributed by atoms with Crippen LogP contribution in [0.1, 0.15) is 31.1 Å². The van der Waals surface area contributed by atoms with Crippen molar-refractivity contribution in [2.24, 2.45) is 0 Å². The lowest BCUT2D eigenvalue weighted by Gasteiger charge is -2.26. The number of carbonyl (C=O) groups excluding carboxylic acids is 2. The van der Waals surface area contributed by atoms with Gasteiger partial charge in [-0.25, -0.2) is 4.39 Å². The van der Waals surface area contributed by atoms with Crippen LogP contribution in [0.15, 0.2) is 36.4 Å². The van der Waals surface area contributed by atoms with Gasteiger partial charge in [-0.05, 0) is 45.0 Å². The molecular weight excluding hydrogens is 389 g/mol. The van der Waals surface area contributed by atoms with E-state index in [-0.39, 0.29) is 17.4 Å². The number of halogens is 2. The monoisotopic (exact) mass is 407 g/mol. The van der Waals surface area contributed by atoms with Crippen LogP contribution in [0, 0.1) is 5.82 Å². The zero-order valence-electron chi connectivity index (χ0n) is 15.6. The van der Waals surface area contributed by atoms with Crippen LogP contribution in [0.4, 0.5) is 10.1 Å². The van der Waals surface area contributed by atoms with E-state index in [9.17, 15) is 14.0 Å².